The maximum atomic E-state index is 6.21. The average molecular weight is 377 g/mol. The standard InChI is InChI=1S/C23H24NO2P/c1-17-9-7-12-19(15-24-2)23(17)27-21-14-8-13-20(25-3)22(21)26-16-18-10-5-4-6-11-18/h4-15,27H,16H2,1-3H3. The summed E-state index contributed by atoms with van der Waals surface area (Å²) in [5.41, 5.74) is 3.53. The molecule has 4 heteroatoms. The van der Waals surface area contributed by atoms with Gasteiger partial charge < -0.3 is 9.47 Å². The van der Waals surface area contributed by atoms with Crippen molar-refractivity contribution in [1.29, 1.82) is 0 Å². The van der Waals surface area contributed by atoms with E-state index in [0.717, 1.165) is 27.9 Å². The highest BCUT2D eigenvalue weighted by Gasteiger charge is 2.14. The number of methoxy groups -OCH3 is 1. The van der Waals surface area contributed by atoms with Crippen molar-refractivity contribution in [3.63, 3.8) is 0 Å². The van der Waals surface area contributed by atoms with Crippen molar-refractivity contribution in [2.75, 3.05) is 14.2 Å². The number of aryl methyl sites for hydroxylation is 1. The number of nitrogens with zero attached hydrogens (tertiary/aromatic N) is 1. The summed E-state index contributed by atoms with van der Waals surface area (Å²) in [6, 6.07) is 22.6. The van der Waals surface area contributed by atoms with Gasteiger partial charge in [0.05, 0.1) is 7.11 Å². The molecule has 0 amide bonds. The number of ether oxygens (including phenoxy) is 2. The normalized spacial score (nSPS) is 11.4. The van der Waals surface area contributed by atoms with Crippen LogP contribution < -0.4 is 20.1 Å². The quantitative estimate of drug-likeness (QED) is 0.455. The first-order valence-electron chi connectivity index (χ1n) is 8.85. The first-order chi connectivity index (χ1) is 13.2. The summed E-state index contributed by atoms with van der Waals surface area (Å²) in [6.45, 7) is 2.65. The zero-order valence-electron chi connectivity index (χ0n) is 15.9. The molecule has 0 fully saturated rings. The molecule has 0 N–H and O–H groups in total. The fourth-order valence-corrected chi connectivity index (χ4v) is 4.23. The summed E-state index contributed by atoms with van der Waals surface area (Å²) in [6.07, 6.45) is 1.92. The molecule has 0 aromatic heterocycles. The van der Waals surface area contributed by atoms with Crippen LogP contribution in [0.25, 0.3) is 0 Å². The molecule has 138 valence electrons. The van der Waals surface area contributed by atoms with Crippen molar-refractivity contribution in [3.05, 3.63) is 83.4 Å². The molecule has 0 aliphatic heterocycles. The van der Waals surface area contributed by atoms with E-state index in [1.165, 1.54) is 10.9 Å². The van der Waals surface area contributed by atoms with Crippen LogP contribution in [0.15, 0.2) is 71.7 Å². The van der Waals surface area contributed by atoms with Gasteiger partial charge in [0.15, 0.2) is 11.5 Å². The molecule has 1 unspecified atom stereocenters. The molecule has 0 aliphatic rings. The van der Waals surface area contributed by atoms with Gasteiger partial charge in [0, 0.05) is 24.1 Å². The van der Waals surface area contributed by atoms with Gasteiger partial charge in [0.1, 0.15) is 6.61 Å². The number of hydrogen-bond donors (Lipinski definition) is 0. The molecule has 3 rings (SSSR count). The Labute approximate surface area is 162 Å². The summed E-state index contributed by atoms with van der Waals surface area (Å²) in [5, 5.41) is 2.41. The predicted molar refractivity (Wildman–Crippen MR) is 116 cm³/mol. The average Bonchev–Trinajstić information content (AvgIpc) is 2.70. The van der Waals surface area contributed by atoms with Gasteiger partial charge in [-0.05, 0) is 29.4 Å². The van der Waals surface area contributed by atoms with Crippen LogP contribution >= 0.6 is 8.58 Å². The summed E-state index contributed by atoms with van der Waals surface area (Å²) >= 11 is 0. The lowest BCUT2D eigenvalue weighted by molar-refractivity contribution is 0.287. The lowest BCUT2D eigenvalue weighted by atomic mass is 10.1. The van der Waals surface area contributed by atoms with E-state index in [0.29, 0.717) is 15.2 Å². The van der Waals surface area contributed by atoms with Gasteiger partial charge in [-0.25, -0.2) is 0 Å². The van der Waals surface area contributed by atoms with Gasteiger partial charge in [-0.2, -0.15) is 0 Å². The Balaban J connectivity index is 1.94. The van der Waals surface area contributed by atoms with Crippen molar-refractivity contribution >= 4 is 25.4 Å². The zero-order chi connectivity index (χ0) is 19.1. The zero-order valence-corrected chi connectivity index (χ0v) is 16.9. The van der Waals surface area contributed by atoms with Gasteiger partial charge in [0.25, 0.3) is 0 Å². The topological polar surface area (TPSA) is 30.8 Å². The van der Waals surface area contributed by atoms with Crippen LogP contribution in [-0.2, 0) is 6.61 Å². The van der Waals surface area contributed by atoms with Crippen molar-refractivity contribution < 1.29 is 9.47 Å². The maximum Gasteiger partial charge on any atom is 0.169 e. The van der Waals surface area contributed by atoms with E-state index < -0.39 is 0 Å². The van der Waals surface area contributed by atoms with E-state index in [4.69, 9.17) is 9.47 Å². The first-order valence-corrected chi connectivity index (χ1v) is 9.85. The third kappa shape index (κ3) is 4.75. The van der Waals surface area contributed by atoms with E-state index in [-0.39, 0.29) is 0 Å². The van der Waals surface area contributed by atoms with Crippen LogP contribution in [0.4, 0.5) is 0 Å². The van der Waals surface area contributed by atoms with Crippen LogP contribution in [0.5, 0.6) is 11.5 Å². The molecule has 1 atom stereocenters. The number of aliphatic imine (C=N–C) groups is 1. The number of rotatable bonds is 7. The Bertz CT molecular complexity index is 923. The van der Waals surface area contributed by atoms with Gasteiger partial charge in [0.2, 0.25) is 0 Å². The van der Waals surface area contributed by atoms with Crippen molar-refractivity contribution in [2.24, 2.45) is 4.99 Å². The monoisotopic (exact) mass is 377 g/mol. The fraction of sp³-hybridized carbons (Fsp3) is 0.174. The van der Waals surface area contributed by atoms with Gasteiger partial charge in [-0.3, -0.25) is 4.99 Å². The van der Waals surface area contributed by atoms with Crippen molar-refractivity contribution in [3.8, 4) is 11.5 Å². The van der Waals surface area contributed by atoms with E-state index >= 15 is 0 Å². The third-order valence-electron chi connectivity index (χ3n) is 4.26. The molecule has 0 saturated carbocycles. The van der Waals surface area contributed by atoms with E-state index in [2.05, 4.69) is 48.3 Å². The molecule has 3 nitrogen and oxygen atoms in total. The van der Waals surface area contributed by atoms with Crippen LogP contribution in [-0.4, -0.2) is 20.4 Å². The highest BCUT2D eigenvalue weighted by molar-refractivity contribution is 7.56. The Morgan fingerprint density at radius 2 is 1.74 bits per heavy atom. The highest BCUT2D eigenvalue weighted by atomic mass is 31.1. The maximum absolute atomic E-state index is 6.21. The summed E-state index contributed by atoms with van der Waals surface area (Å²) in [7, 11) is 3.94. The molecule has 0 heterocycles. The minimum atomic E-state index is 0.454. The molecule has 0 bridgehead atoms. The van der Waals surface area contributed by atoms with Crippen LogP contribution in [0, 0.1) is 6.92 Å². The highest BCUT2D eigenvalue weighted by Crippen LogP contribution is 2.31. The van der Waals surface area contributed by atoms with Gasteiger partial charge >= 0.3 is 0 Å². The van der Waals surface area contributed by atoms with E-state index in [1.54, 1.807) is 14.2 Å². The largest absolute Gasteiger partial charge is 0.493 e. The number of benzene rings is 3. The Morgan fingerprint density at radius 3 is 2.48 bits per heavy atom. The Morgan fingerprint density at radius 1 is 0.963 bits per heavy atom. The van der Waals surface area contributed by atoms with Gasteiger partial charge in [-0.15, -0.1) is 0 Å². The smallest absolute Gasteiger partial charge is 0.169 e. The number of hydrogen-bond acceptors (Lipinski definition) is 3. The van der Waals surface area contributed by atoms with E-state index in [9.17, 15) is 0 Å². The minimum Gasteiger partial charge on any atom is -0.493 e. The molecule has 3 aromatic carbocycles. The molecule has 0 radical (unpaired) electrons. The molecule has 27 heavy (non-hydrogen) atoms. The molecular formula is C23H24NO2P. The summed E-state index contributed by atoms with van der Waals surface area (Å²) in [4.78, 5) is 4.20. The number of para-hydroxylation sites is 1. The second kappa shape index (κ2) is 9.34. The lowest BCUT2D eigenvalue weighted by Crippen LogP contribution is -2.15. The Kier molecular flexibility index (Phi) is 6.62. The molecular weight excluding hydrogens is 353 g/mol. The second-order valence-electron chi connectivity index (χ2n) is 6.16. The van der Waals surface area contributed by atoms with Crippen LogP contribution in [0.2, 0.25) is 0 Å². The lowest BCUT2D eigenvalue weighted by Gasteiger charge is -2.17. The third-order valence-corrected chi connectivity index (χ3v) is 5.85. The van der Waals surface area contributed by atoms with Crippen LogP contribution in [0.3, 0.4) is 0 Å². The summed E-state index contributed by atoms with van der Waals surface area (Å²) < 4.78 is 11.8. The molecule has 0 aliphatic carbocycles. The first kappa shape index (κ1) is 19.1. The Hall–Kier alpha value is -2.64. The van der Waals surface area contributed by atoms with Gasteiger partial charge in [-0.1, -0.05) is 69.2 Å². The molecule has 0 spiro atoms. The second-order valence-corrected chi connectivity index (χ2v) is 7.45. The van der Waals surface area contributed by atoms with Crippen molar-refractivity contribution in [2.45, 2.75) is 13.5 Å². The minimum absolute atomic E-state index is 0.454. The van der Waals surface area contributed by atoms with E-state index in [1.807, 2.05) is 36.5 Å². The molecule has 0 saturated heterocycles. The van der Waals surface area contributed by atoms with Crippen LogP contribution in [0.1, 0.15) is 16.7 Å². The SMILES string of the molecule is CN=Cc1cccc(C)c1Pc1cccc(OC)c1OCc1ccccc1. The van der Waals surface area contributed by atoms with Crippen molar-refractivity contribution in [1.82, 2.24) is 0 Å². The molecule has 3 aromatic rings. The predicted octanol–water partition coefficient (Wildman–Crippen LogP) is 4.26. The fourth-order valence-electron chi connectivity index (χ4n) is 2.90. The summed E-state index contributed by atoms with van der Waals surface area (Å²) in [5.74, 6) is 1.57.